The second-order valence-corrected chi connectivity index (χ2v) is 6.38. The molecule has 3 rings (SSSR count). The molecule has 0 saturated heterocycles. The molecule has 0 saturated carbocycles. The molecule has 0 unspecified atom stereocenters. The van der Waals surface area contributed by atoms with Gasteiger partial charge in [-0.25, -0.2) is 4.98 Å². The number of ether oxygens (including phenoxy) is 2. The van der Waals surface area contributed by atoms with E-state index in [2.05, 4.69) is 15.6 Å². The van der Waals surface area contributed by atoms with Crippen molar-refractivity contribution in [2.24, 2.45) is 0 Å². The Morgan fingerprint density at radius 3 is 2.39 bits per heavy atom. The van der Waals surface area contributed by atoms with E-state index >= 15 is 0 Å². The molecule has 0 radical (unpaired) electrons. The van der Waals surface area contributed by atoms with Crippen LogP contribution in [0.3, 0.4) is 0 Å². The molecule has 6 heteroatoms. The number of hydrogen-bond acceptors (Lipinski definition) is 5. The summed E-state index contributed by atoms with van der Waals surface area (Å²) in [6, 6.07) is 14.7. The number of carbonyl (C=O) groups excluding carboxylic acids is 1. The van der Waals surface area contributed by atoms with Crippen molar-refractivity contribution < 1.29 is 14.3 Å². The van der Waals surface area contributed by atoms with E-state index in [1.165, 1.54) is 0 Å². The minimum atomic E-state index is -0.187. The fraction of sp³-hybridized carbons (Fsp3) is 0.182. The third kappa shape index (κ3) is 4.40. The van der Waals surface area contributed by atoms with E-state index in [9.17, 15) is 4.79 Å². The minimum absolute atomic E-state index is 0.187. The van der Waals surface area contributed by atoms with Crippen LogP contribution in [0.25, 0.3) is 0 Å². The number of hydrogen-bond donors (Lipinski definition) is 2. The van der Waals surface area contributed by atoms with Gasteiger partial charge in [-0.05, 0) is 61.4 Å². The lowest BCUT2D eigenvalue weighted by atomic mass is 10.1. The Kier molecular flexibility index (Phi) is 5.79. The fourth-order valence-corrected chi connectivity index (χ4v) is 2.67. The molecule has 0 aliphatic heterocycles. The molecule has 0 aliphatic rings. The van der Waals surface area contributed by atoms with E-state index in [1.54, 1.807) is 32.5 Å². The number of aromatic nitrogens is 1. The number of pyridine rings is 1. The largest absolute Gasteiger partial charge is 0.497 e. The summed E-state index contributed by atoms with van der Waals surface area (Å²) in [6.07, 6.45) is 1.65. The summed E-state index contributed by atoms with van der Waals surface area (Å²) >= 11 is 0. The van der Waals surface area contributed by atoms with Crippen molar-refractivity contribution in [3.05, 3.63) is 71.4 Å². The maximum Gasteiger partial charge on any atom is 0.256 e. The van der Waals surface area contributed by atoms with Gasteiger partial charge < -0.3 is 20.1 Å². The van der Waals surface area contributed by atoms with E-state index in [0.717, 1.165) is 22.5 Å². The van der Waals surface area contributed by atoms with Crippen molar-refractivity contribution in [2.45, 2.75) is 13.8 Å². The van der Waals surface area contributed by atoms with Gasteiger partial charge in [0.15, 0.2) is 0 Å². The summed E-state index contributed by atoms with van der Waals surface area (Å²) in [7, 11) is 3.21. The van der Waals surface area contributed by atoms with Crippen LogP contribution in [0.15, 0.2) is 54.7 Å². The maximum absolute atomic E-state index is 12.4. The Bertz CT molecular complexity index is 985. The summed E-state index contributed by atoms with van der Waals surface area (Å²) in [5, 5.41) is 6.06. The topological polar surface area (TPSA) is 72.5 Å². The number of carbonyl (C=O) groups is 1. The standard InChI is InChI=1S/C22H23N3O3/c1-14-5-6-16(11-15(14)2)22(26)25-21-10-7-17(13-23-21)24-19-9-8-18(27-3)12-20(19)28-4/h5-13,24H,1-4H3,(H,23,25,26). The quantitative estimate of drug-likeness (QED) is 0.651. The Balaban J connectivity index is 1.70. The van der Waals surface area contributed by atoms with Crippen LogP contribution in [-0.2, 0) is 0 Å². The molecular formula is C22H23N3O3. The number of rotatable bonds is 6. The molecule has 0 bridgehead atoms. The van der Waals surface area contributed by atoms with Gasteiger partial charge in [0, 0.05) is 11.6 Å². The van der Waals surface area contributed by atoms with E-state index in [1.807, 2.05) is 50.2 Å². The van der Waals surface area contributed by atoms with Crippen molar-refractivity contribution in [1.82, 2.24) is 4.98 Å². The molecule has 144 valence electrons. The first-order valence-corrected chi connectivity index (χ1v) is 8.84. The van der Waals surface area contributed by atoms with E-state index in [4.69, 9.17) is 9.47 Å². The molecule has 28 heavy (non-hydrogen) atoms. The van der Waals surface area contributed by atoms with Crippen molar-refractivity contribution >= 4 is 23.1 Å². The summed E-state index contributed by atoms with van der Waals surface area (Å²) < 4.78 is 10.6. The van der Waals surface area contributed by atoms with Crippen LogP contribution in [0.5, 0.6) is 11.5 Å². The minimum Gasteiger partial charge on any atom is -0.497 e. The number of benzene rings is 2. The molecular weight excluding hydrogens is 354 g/mol. The first-order valence-electron chi connectivity index (χ1n) is 8.84. The first kappa shape index (κ1) is 19.2. The zero-order chi connectivity index (χ0) is 20.1. The summed E-state index contributed by atoms with van der Waals surface area (Å²) in [5.74, 6) is 1.67. The highest BCUT2D eigenvalue weighted by Crippen LogP contribution is 2.31. The summed E-state index contributed by atoms with van der Waals surface area (Å²) in [5.41, 5.74) is 4.40. The lowest BCUT2D eigenvalue weighted by molar-refractivity contribution is 0.102. The average molecular weight is 377 g/mol. The SMILES string of the molecule is COc1ccc(Nc2ccc(NC(=O)c3ccc(C)c(C)c3)nc2)c(OC)c1. The molecule has 0 spiro atoms. The number of amides is 1. The molecule has 2 N–H and O–H groups in total. The van der Waals surface area contributed by atoms with Gasteiger partial charge in [0.05, 0.1) is 31.8 Å². The monoisotopic (exact) mass is 377 g/mol. The van der Waals surface area contributed by atoms with Crippen LogP contribution in [0.1, 0.15) is 21.5 Å². The number of nitrogens with zero attached hydrogens (tertiary/aromatic N) is 1. The van der Waals surface area contributed by atoms with Crippen LogP contribution in [0.2, 0.25) is 0 Å². The van der Waals surface area contributed by atoms with Gasteiger partial charge >= 0.3 is 0 Å². The highest BCUT2D eigenvalue weighted by molar-refractivity contribution is 6.04. The van der Waals surface area contributed by atoms with Crippen LogP contribution in [-0.4, -0.2) is 25.1 Å². The number of aryl methyl sites for hydroxylation is 2. The molecule has 6 nitrogen and oxygen atoms in total. The van der Waals surface area contributed by atoms with Gasteiger partial charge in [-0.15, -0.1) is 0 Å². The molecule has 1 aromatic heterocycles. The summed E-state index contributed by atoms with van der Waals surface area (Å²) in [6.45, 7) is 4.00. The number of nitrogens with one attached hydrogen (secondary N) is 2. The Labute approximate surface area is 164 Å². The van der Waals surface area contributed by atoms with Crippen molar-refractivity contribution in [3.8, 4) is 11.5 Å². The zero-order valence-electron chi connectivity index (χ0n) is 16.4. The highest BCUT2D eigenvalue weighted by atomic mass is 16.5. The van der Waals surface area contributed by atoms with Crippen molar-refractivity contribution in [2.75, 3.05) is 24.9 Å². The van der Waals surface area contributed by atoms with Crippen LogP contribution < -0.4 is 20.1 Å². The van der Waals surface area contributed by atoms with Gasteiger partial charge in [-0.1, -0.05) is 6.07 Å². The lowest BCUT2D eigenvalue weighted by Gasteiger charge is -2.13. The summed E-state index contributed by atoms with van der Waals surface area (Å²) in [4.78, 5) is 16.7. The lowest BCUT2D eigenvalue weighted by Crippen LogP contribution is -2.13. The van der Waals surface area contributed by atoms with Gasteiger partial charge in [-0.3, -0.25) is 4.79 Å². The first-order chi connectivity index (χ1) is 13.5. The van der Waals surface area contributed by atoms with E-state index in [0.29, 0.717) is 22.9 Å². The van der Waals surface area contributed by atoms with Crippen LogP contribution >= 0.6 is 0 Å². The second-order valence-electron chi connectivity index (χ2n) is 6.38. The molecule has 0 fully saturated rings. The Morgan fingerprint density at radius 2 is 1.75 bits per heavy atom. The van der Waals surface area contributed by atoms with Crippen molar-refractivity contribution in [3.63, 3.8) is 0 Å². The molecule has 3 aromatic rings. The molecule has 1 amide bonds. The fourth-order valence-electron chi connectivity index (χ4n) is 2.67. The predicted octanol–water partition coefficient (Wildman–Crippen LogP) is 4.71. The van der Waals surface area contributed by atoms with Crippen molar-refractivity contribution in [1.29, 1.82) is 0 Å². The van der Waals surface area contributed by atoms with Gasteiger partial charge in [0.2, 0.25) is 0 Å². The Hall–Kier alpha value is -3.54. The van der Waals surface area contributed by atoms with Gasteiger partial charge in [-0.2, -0.15) is 0 Å². The van der Waals surface area contributed by atoms with Crippen LogP contribution in [0.4, 0.5) is 17.2 Å². The normalized spacial score (nSPS) is 10.3. The number of anilines is 3. The zero-order valence-corrected chi connectivity index (χ0v) is 16.4. The van der Waals surface area contributed by atoms with Crippen LogP contribution in [0, 0.1) is 13.8 Å². The predicted molar refractivity (Wildman–Crippen MR) is 111 cm³/mol. The smallest absolute Gasteiger partial charge is 0.256 e. The maximum atomic E-state index is 12.4. The third-order valence-corrected chi connectivity index (χ3v) is 4.46. The average Bonchev–Trinajstić information content (AvgIpc) is 2.71. The highest BCUT2D eigenvalue weighted by Gasteiger charge is 2.09. The molecule has 1 heterocycles. The van der Waals surface area contributed by atoms with E-state index in [-0.39, 0.29) is 5.91 Å². The van der Waals surface area contributed by atoms with Gasteiger partial charge in [0.1, 0.15) is 17.3 Å². The number of methoxy groups -OCH3 is 2. The third-order valence-electron chi connectivity index (χ3n) is 4.46. The second kappa shape index (κ2) is 8.43. The Morgan fingerprint density at radius 1 is 0.929 bits per heavy atom. The molecule has 2 aromatic carbocycles. The molecule has 0 aliphatic carbocycles. The van der Waals surface area contributed by atoms with Gasteiger partial charge in [0.25, 0.3) is 5.91 Å². The molecule has 0 atom stereocenters. The van der Waals surface area contributed by atoms with E-state index < -0.39 is 0 Å².